The molecule has 1 aliphatic rings. The summed E-state index contributed by atoms with van der Waals surface area (Å²) in [4.78, 5) is 9.64. The van der Waals surface area contributed by atoms with Gasteiger partial charge in [-0.15, -0.1) is 0 Å². The molecule has 0 atom stereocenters. The van der Waals surface area contributed by atoms with Crippen molar-refractivity contribution in [1.82, 2.24) is 0 Å². The van der Waals surface area contributed by atoms with E-state index in [9.17, 15) is 10.1 Å². The van der Waals surface area contributed by atoms with Crippen LogP contribution in [0.2, 0.25) is 0 Å². The van der Waals surface area contributed by atoms with Crippen molar-refractivity contribution in [3.8, 4) is 0 Å². The highest BCUT2D eigenvalue weighted by Gasteiger charge is 2.09. The van der Waals surface area contributed by atoms with E-state index in [4.69, 9.17) is 0 Å². The lowest BCUT2D eigenvalue weighted by molar-refractivity contribution is -0.421. The van der Waals surface area contributed by atoms with Crippen molar-refractivity contribution in [3.05, 3.63) is 40.5 Å². The van der Waals surface area contributed by atoms with Gasteiger partial charge in [0.1, 0.15) is 0 Å². The van der Waals surface area contributed by atoms with Gasteiger partial charge in [-0.05, 0) is 6.42 Å². The van der Waals surface area contributed by atoms with Crippen molar-refractivity contribution in [2.75, 3.05) is 0 Å². The number of rotatable bonds is 1. The van der Waals surface area contributed by atoms with Crippen LogP contribution in [0.25, 0.3) is 0 Å². The van der Waals surface area contributed by atoms with E-state index in [0.29, 0.717) is 6.42 Å². The van der Waals surface area contributed by atoms with Gasteiger partial charge >= 0.3 is 0 Å². The summed E-state index contributed by atoms with van der Waals surface area (Å²) in [5, 5.41) is 10.0. The fourth-order valence-corrected chi connectivity index (χ4v) is 0.637. The van der Waals surface area contributed by atoms with Gasteiger partial charge in [0.25, 0.3) is 0 Å². The summed E-state index contributed by atoms with van der Waals surface area (Å²) in [6, 6.07) is 0. The van der Waals surface area contributed by atoms with Crippen molar-refractivity contribution in [1.29, 1.82) is 0 Å². The van der Waals surface area contributed by atoms with Crippen LogP contribution in [0.4, 0.5) is 0 Å². The zero-order valence-electron chi connectivity index (χ0n) is 4.78. The maximum Gasteiger partial charge on any atom is 0.250 e. The lowest BCUT2D eigenvalue weighted by Crippen LogP contribution is -2.00. The first-order valence-corrected chi connectivity index (χ1v) is 2.65. The molecule has 0 aromatic rings. The minimum Gasteiger partial charge on any atom is -0.259 e. The van der Waals surface area contributed by atoms with Gasteiger partial charge in [-0.1, -0.05) is 12.2 Å². The number of nitrogens with zero attached hydrogens (tertiary/aromatic N) is 1. The summed E-state index contributed by atoms with van der Waals surface area (Å²) in [6.07, 6.45) is 7.31. The molecule has 3 nitrogen and oxygen atoms in total. The van der Waals surface area contributed by atoms with Crippen LogP contribution in [0, 0.1) is 16.5 Å². The third-order valence-electron chi connectivity index (χ3n) is 1.08. The van der Waals surface area contributed by atoms with Crippen LogP contribution in [0.3, 0.4) is 0 Å². The van der Waals surface area contributed by atoms with Crippen LogP contribution in [0.5, 0.6) is 0 Å². The summed E-state index contributed by atoms with van der Waals surface area (Å²) in [5.74, 6) is 0. The number of hydrogen-bond acceptors (Lipinski definition) is 2. The monoisotopic (exact) mass is 124 g/mol. The van der Waals surface area contributed by atoms with Gasteiger partial charge in [0, 0.05) is 6.08 Å². The summed E-state index contributed by atoms with van der Waals surface area (Å²) in [7, 11) is 0. The Balaban J connectivity index is 2.68. The second kappa shape index (κ2) is 2.44. The van der Waals surface area contributed by atoms with Crippen molar-refractivity contribution in [3.63, 3.8) is 0 Å². The molecule has 1 rings (SSSR count). The first kappa shape index (κ1) is 6.01. The lowest BCUT2D eigenvalue weighted by Gasteiger charge is -1.96. The molecule has 1 radical (unpaired) electrons. The zero-order valence-corrected chi connectivity index (χ0v) is 4.78. The number of allylic oxidation sites excluding steroid dienone is 4. The molecular weight excluding hydrogens is 118 g/mol. The quantitative estimate of drug-likeness (QED) is 0.390. The van der Waals surface area contributed by atoms with Gasteiger partial charge in [0.05, 0.1) is 11.3 Å². The normalized spacial score (nSPS) is 17.1. The highest BCUT2D eigenvalue weighted by atomic mass is 16.6. The molecule has 0 fully saturated rings. The first-order valence-electron chi connectivity index (χ1n) is 2.65. The standard InChI is InChI=1S/C6H6NO2/c8-7(9)6-4-2-1-3-5-6/h1-2,4-5H,3H2. The van der Waals surface area contributed by atoms with E-state index in [-0.39, 0.29) is 10.6 Å². The van der Waals surface area contributed by atoms with Crippen molar-refractivity contribution in [2.45, 2.75) is 6.42 Å². The Labute approximate surface area is 52.8 Å². The third kappa shape index (κ3) is 1.38. The van der Waals surface area contributed by atoms with Gasteiger partial charge < -0.3 is 0 Å². The lowest BCUT2D eigenvalue weighted by atomic mass is 10.1. The highest BCUT2D eigenvalue weighted by molar-refractivity contribution is 5.20. The smallest absolute Gasteiger partial charge is 0.250 e. The molecule has 0 amide bonds. The Kier molecular flexibility index (Phi) is 1.63. The number of hydrogen-bond donors (Lipinski definition) is 0. The maximum absolute atomic E-state index is 10.0. The van der Waals surface area contributed by atoms with E-state index < -0.39 is 0 Å². The van der Waals surface area contributed by atoms with Gasteiger partial charge in [-0.25, -0.2) is 0 Å². The second-order valence-corrected chi connectivity index (χ2v) is 1.72. The molecule has 0 aromatic heterocycles. The predicted molar refractivity (Wildman–Crippen MR) is 33.1 cm³/mol. The molecule has 0 aromatic carbocycles. The van der Waals surface area contributed by atoms with Crippen LogP contribution in [0.15, 0.2) is 23.9 Å². The zero-order chi connectivity index (χ0) is 6.69. The van der Waals surface area contributed by atoms with Crippen molar-refractivity contribution < 1.29 is 4.92 Å². The Morgan fingerprint density at radius 3 is 2.78 bits per heavy atom. The van der Waals surface area contributed by atoms with Crippen LogP contribution >= 0.6 is 0 Å². The largest absolute Gasteiger partial charge is 0.259 e. The molecule has 0 N–H and O–H groups in total. The van der Waals surface area contributed by atoms with Crippen molar-refractivity contribution in [2.24, 2.45) is 0 Å². The molecule has 0 saturated heterocycles. The Morgan fingerprint density at radius 1 is 1.67 bits per heavy atom. The molecule has 47 valence electrons. The molecule has 9 heavy (non-hydrogen) atoms. The minimum atomic E-state index is -0.385. The van der Waals surface area contributed by atoms with Crippen LogP contribution < -0.4 is 0 Å². The van der Waals surface area contributed by atoms with E-state index in [1.54, 1.807) is 12.5 Å². The summed E-state index contributed by atoms with van der Waals surface area (Å²) in [5.41, 5.74) is 0.192. The molecular formula is C6H6NO2. The van der Waals surface area contributed by atoms with Gasteiger partial charge in [0.15, 0.2) is 0 Å². The Morgan fingerprint density at radius 2 is 2.44 bits per heavy atom. The van der Waals surface area contributed by atoms with Gasteiger partial charge in [-0.2, -0.15) is 0 Å². The summed E-state index contributed by atoms with van der Waals surface area (Å²) < 4.78 is 0. The van der Waals surface area contributed by atoms with Gasteiger partial charge in [-0.3, -0.25) is 10.1 Å². The minimum absolute atomic E-state index is 0.192. The van der Waals surface area contributed by atoms with Crippen LogP contribution in [-0.4, -0.2) is 4.92 Å². The van der Waals surface area contributed by atoms with E-state index >= 15 is 0 Å². The molecule has 0 spiro atoms. The third-order valence-corrected chi connectivity index (χ3v) is 1.08. The highest BCUT2D eigenvalue weighted by Crippen LogP contribution is 2.09. The van der Waals surface area contributed by atoms with Crippen molar-refractivity contribution >= 4 is 0 Å². The Hall–Kier alpha value is -1.12. The summed E-state index contributed by atoms with van der Waals surface area (Å²) in [6.45, 7) is 0. The predicted octanol–water partition coefficient (Wildman–Crippen LogP) is 1.31. The van der Waals surface area contributed by atoms with E-state index in [0.717, 1.165) is 0 Å². The molecule has 0 saturated carbocycles. The molecule has 0 heterocycles. The van der Waals surface area contributed by atoms with Crippen LogP contribution in [-0.2, 0) is 0 Å². The SMILES string of the molecule is O=[N+]([O-])C1=CC=CC[CH]1. The van der Waals surface area contributed by atoms with Crippen LogP contribution in [0.1, 0.15) is 6.42 Å². The Bertz CT molecular complexity index is 181. The molecule has 3 heteroatoms. The van der Waals surface area contributed by atoms with E-state index in [2.05, 4.69) is 0 Å². The summed E-state index contributed by atoms with van der Waals surface area (Å²) >= 11 is 0. The van der Waals surface area contributed by atoms with E-state index in [1.165, 1.54) is 6.08 Å². The van der Waals surface area contributed by atoms with Gasteiger partial charge in [0.2, 0.25) is 5.70 Å². The second-order valence-electron chi connectivity index (χ2n) is 1.72. The average Bonchev–Trinajstić information content (AvgIpc) is 1.90. The first-order chi connectivity index (χ1) is 4.30. The molecule has 0 bridgehead atoms. The fraction of sp³-hybridized carbons (Fsp3) is 0.167. The molecule has 1 aliphatic carbocycles. The fourth-order valence-electron chi connectivity index (χ4n) is 0.637. The maximum atomic E-state index is 10.0. The number of nitro groups is 1. The molecule has 0 unspecified atom stereocenters. The average molecular weight is 124 g/mol. The van der Waals surface area contributed by atoms with E-state index in [1.807, 2.05) is 6.08 Å². The topological polar surface area (TPSA) is 43.1 Å². The molecule has 0 aliphatic heterocycles.